The monoisotopic (exact) mass is 273 g/mol. The topological polar surface area (TPSA) is 39.1 Å². The zero-order valence-corrected chi connectivity index (χ0v) is 12.3. The molecule has 0 aliphatic rings. The van der Waals surface area contributed by atoms with Crippen LogP contribution in [0.3, 0.4) is 0 Å². The van der Waals surface area contributed by atoms with Gasteiger partial charge in [0.05, 0.1) is 18.6 Å². The molecule has 1 N–H and O–H groups in total. The van der Waals surface area contributed by atoms with E-state index in [1.165, 1.54) is 11.3 Å². The zero-order chi connectivity index (χ0) is 14.2. The Bertz CT molecular complexity index is 522. The molecule has 0 fully saturated rings. The van der Waals surface area contributed by atoms with E-state index < -0.39 is 0 Å². The Morgan fingerprint density at radius 1 is 1.25 bits per heavy atom. The van der Waals surface area contributed by atoms with Crippen molar-refractivity contribution in [1.82, 2.24) is 14.9 Å². The first-order valence-electron chi connectivity index (χ1n) is 7.25. The molecule has 20 heavy (non-hydrogen) atoms. The van der Waals surface area contributed by atoms with Gasteiger partial charge in [0.15, 0.2) is 0 Å². The molecule has 4 heteroatoms. The van der Waals surface area contributed by atoms with Gasteiger partial charge in [-0.25, -0.2) is 4.98 Å². The van der Waals surface area contributed by atoms with Crippen LogP contribution in [0.1, 0.15) is 31.5 Å². The summed E-state index contributed by atoms with van der Waals surface area (Å²) in [6.45, 7) is 7.57. The SMILES string of the molecule is CCCn1cncc1CNCc1cccc(OCC)c1. The summed E-state index contributed by atoms with van der Waals surface area (Å²) < 4.78 is 7.71. The van der Waals surface area contributed by atoms with Crippen LogP contribution in [0.4, 0.5) is 0 Å². The quantitative estimate of drug-likeness (QED) is 0.803. The maximum atomic E-state index is 5.51. The second-order valence-electron chi connectivity index (χ2n) is 4.76. The van der Waals surface area contributed by atoms with Crippen LogP contribution in [0.15, 0.2) is 36.8 Å². The Kier molecular flexibility index (Phi) is 5.62. The molecular weight excluding hydrogens is 250 g/mol. The van der Waals surface area contributed by atoms with E-state index >= 15 is 0 Å². The molecule has 1 aromatic carbocycles. The Hall–Kier alpha value is -1.81. The van der Waals surface area contributed by atoms with Gasteiger partial charge in [-0.15, -0.1) is 0 Å². The van der Waals surface area contributed by atoms with Crippen molar-refractivity contribution in [2.24, 2.45) is 0 Å². The van der Waals surface area contributed by atoms with Crippen LogP contribution < -0.4 is 10.1 Å². The van der Waals surface area contributed by atoms with E-state index in [0.29, 0.717) is 6.61 Å². The van der Waals surface area contributed by atoms with E-state index in [2.05, 4.69) is 33.9 Å². The third kappa shape index (κ3) is 4.10. The summed E-state index contributed by atoms with van der Waals surface area (Å²) in [7, 11) is 0. The minimum absolute atomic E-state index is 0.701. The predicted octanol–water partition coefficient (Wildman–Crippen LogP) is 2.98. The maximum absolute atomic E-state index is 5.51. The summed E-state index contributed by atoms with van der Waals surface area (Å²) in [5.41, 5.74) is 2.46. The van der Waals surface area contributed by atoms with Gasteiger partial charge in [-0.3, -0.25) is 0 Å². The fourth-order valence-corrected chi connectivity index (χ4v) is 2.18. The van der Waals surface area contributed by atoms with E-state index in [0.717, 1.165) is 31.8 Å². The number of aryl methyl sites for hydroxylation is 1. The molecule has 2 rings (SSSR count). The molecule has 1 aromatic heterocycles. The first kappa shape index (κ1) is 14.6. The normalized spacial score (nSPS) is 10.7. The molecule has 0 saturated carbocycles. The second kappa shape index (κ2) is 7.70. The molecule has 2 aromatic rings. The van der Waals surface area contributed by atoms with Gasteiger partial charge in [0.25, 0.3) is 0 Å². The van der Waals surface area contributed by atoms with Gasteiger partial charge in [0.2, 0.25) is 0 Å². The van der Waals surface area contributed by atoms with Gasteiger partial charge in [-0.2, -0.15) is 0 Å². The Morgan fingerprint density at radius 2 is 2.15 bits per heavy atom. The molecule has 0 radical (unpaired) electrons. The lowest BCUT2D eigenvalue weighted by atomic mass is 10.2. The van der Waals surface area contributed by atoms with Crippen molar-refractivity contribution in [2.75, 3.05) is 6.61 Å². The van der Waals surface area contributed by atoms with Crippen molar-refractivity contribution in [2.45, 2.75) is 39.9 Å². The molecule has 0 atom stereocenters. The first-order valence-corrected chi connectivity index (χ1v) is 7.25. The van der Waals surface area contributed by atoms with E-state index in [1.54, 1.807) is 0 Å². The second-order valence-corrected chi connectivity index (χ2v) is 4.76. The predicted molar refractivity (Wildman–Crippen MR) is 80.7 cm³/mol. The lowest BCUT2D eigenvalue weighted by molar-refractivity contribution is 0.340. The molecule has 1 heterocycles. The maximum Gasteiger partial charge on any atom is 0.119 e. The van der Waals surface area contributed by atoms with Crippen LogP contribution in [0.2, 0.25) is 0 Å². The fraction of sp³-hybridized carbons (Fsp3) is 0.438. The van der Waals surface area contributed by atoms with Gasteiger partial charge in [0, 0.05) is 25.8 Å². The average Bonchev–Trinajstić information content (AvgIpc) is 2.88. The highest BCUT2D eigenvalue weighted by atomic mass is 16.5. The first-order chi connectivity index (χ1) is 9.83. The van der Waals surface area contributed by atoms with Gasteiger partial charge in [-0.1, -0.05) is 19.1 Å². The van der Waals surface area contributed by atoms with Crippen molar-refractivity contribution in [3.63, 3.8) is 0 Å². The summed E-state index contributed by atoms with van der Waals surface area (Å²) in [5, 5.41) is 3.46. The summed E-state index contributed by atoms with van der Waals surface area (Å²) in [6.07, 6.45) is 4.95. The highest BCUT2D eigenvalue weighted by Crippen LogP contribution is 2.13. The summed E-state index contributed by atoms with van der Waals surface area (Å²) in [6, 6.07) is 8.21. The smallest absolute Gasteiger partial charge is 0.119 e. The van der Waals surface area contributed by atoms with Crippen LogP contribution in [-0.4, -0.2) is 16.2 Å². The summed E-state index contributed by atoms with van der Waals surface area (Å²) in [4.78, 5) is 4.21. The molecule has 0 saturated heterocycles. The number of rotatable bonds is 8. The molecule has 0 bridgehead atoms. The van der Waals surface area contributed by atoms with Crippen molar-refractivity contribution in [3.05, 3.63) is 48.0 Å². The number of aromatic nitrogens is 2. The third-order valence-corrected chi connectivity index (χ3v) is 3.11. The zero-order valence-electron chi connectivity index (χ0n) is 12.3. The van der Waals surface area contributed by atoms with Crippen LogP contribution in [-0.2, 0) is 19.6 Å². The lowest BCUT2D eigenvalue weighted by Gasteiger charge is -2.09. The largest absolute Gasteiger partial charge is 0.494 e. The molecule has 4 nitrogen and oxygen atoms in total. The Labute approximate surface area is 120 Å². The van der Waals surface area contributed by atoms with E-state index in [9.17, 15) is 0 Å². The molecule has 0 aliphatic carbocycles. The van der Waals surface area contributed by atoms with Gasteiger partial charge < -0.3 is 14.6 Å². The number of ether oxygens (including phenoxy) is 1. The number of hydrogen-bond acceptors (Lipinski definition) is 3. The van der Waals surface area contributed by atoms with E-state index in [4.69, 9.17) is 4.74 Å². The van der Waals surface area contributed by atoms with Crippen LogP contribution in [0.25, 0.3) is 0 Å². The molecule has 0 spiro atoms. The van der Waals surface area contributed by atoms with Crippen molar-refractivity contribution in [3.8, 4) is 5.75 Å². The van der Waals surface area contributed by atoms with Gasteiger partial charge >= 0.3 is 0 Å². The van der Waals surface area contributed by atoms with Gasteiger partial charge in [-0.05, 0) is 31.0 Å². The highest BCUT2D eigenvalue weighted by molar-refractivity contribution is 5.28. The molecule has 0 amide bonds. The number of hydrogen-bond donors (Lipinski definition) is 1. The molecule has 108 valence electrons. The van der Waals surface area contributed by atoms with Crippen molar-refractivity contribution >= 4 is 0 Å². The average molecular weight is 273 g/mol. The minimum Gasteiger partial charge on any atom is -0.494 e. The lowest BCUT2D eigenvalue weighted by Crippen LogP contribution is -2.15. The fourth-order valence-electron chi connectivity index (χ4n) is 2.18. The Morgan fingerprint density at radius 3 is 2.95 bits per heavy atom. The summed E-state index contributed by atoms with van der Waals surface area (Å²) in [5.74, 6) is 0.933. The van der Waals surface area contributed by atoms with Gasteiger partial charge in [0.1, 0.15) is 5.75 Å². The standard InChI is InChI=1S/C16H23N3O/c1-3-8-19-13-18-12-15(19)11-17-10-14-6-5-7-16(9-14)20-4-2/h5-7,9,12-13,17H,3-4,8,10-11H2,1-2H3. The van der Waals surface area contributed by atoms with E-state index in [-0.39, 0.29) is 0 Å². The van der Waals surface area contributed by atoms with E-state index in [1.807, 2.05) is 31.6 Å². The third-order valence-electron chi connectivity index (χ3n) is 3.11. The minimum atomic E-state index is 0.701. The number of nitrogens with one attached hydrogen (secondary N) is 1. The Balaban J connectivity index is 1.86. The van der Waals surface area contributed by atoms with Crippen molar-refractivity contribution < 1.29 is 4.74 Å². The summed E-state index contributed by atoms with van der Waals surface area (Å²) >= 11 is 0. The van der Waals surface area contributed by atoms with Crippen molar-refractivity contribution in [1.29, 1.82) is 0 Å². The molecular formula is C16H23N3O. The number of imidazole rings is 1. The highest BCUT2D eigenvalue weighted by Gasteiger charge is 2.01. The number of nitrogens with zero attached hydrogens (tertiary/aromatic N) is 2. The van der Waals surface area contributed by atoms with Crippen LogP contribution in [0, 0.1) is 0 Å². The number of benzene rings is 1. The van der Waals surface area contributed by atoms with Crippen LogP contribution >= 0.6 is 0 Å². The molecule has 0 unspecified atom stereocenters. The van der Waals surface area contributed by atoms with Crippen LogP contribution in [0.5, 0.6) is 5.75 Å². The molecule has 0 aliphatic heterocycles.